The summed E-state index contributed by atoms with van der Waals surface area (Å²) < 4.78 is 5.10. The molecule has 3 heteroatoms. The summed E-state index contributed by atoms with van der Waals surface area (Å²) in [5.41, 5.74) is 2.86. The predicted molar refractivity (Wildman–Crippen MR) is 72.2 cm³/mol. The first-order valence-electron chi connectivity index (χ1n) is 5.74. The van der Waals surface area contributed by atoms with Crippen LogP contribution in [0.4, 0.5) is 5.69 Å². The Labute approximate surface area is 106 Å². The smallest absolute Gasteiger partial charge is 0.150 e. The number of methoxy groups -OCH3 is 1. The standard InChI is InChI=1S/C15H15NO2/c1-18-15-8-4-12(5-9-15)10-16-14-6-2-13(11-17)3-7-14/h2-9,11,16H,10H2,1H3. The Morgan fingerprint density at radius 2 is 1.72 bits per heavy atom. The summed E-state index contributed by atoms with van der Waals surface area (Å²) in [6.07, 6.45) is 0.841. The number of ether oxygens (including phenoxy) is 1. The molecule has 0 unspecified atom stereocenters. The zero-order valence-corrected chi connectivity index (χ0v) is 10.2. The summed E-state index contributed by atoms with van der Waals surface area (Å²) in [5.74, 6) is 0.856. The molecule has 2 aromatic rings. The van der Waals surface area contributed by atoms with E-state index in [1.807, 2.05) is 36.4 Å². The highest BCUT2D eigenvalue weighted by atomic mass is 16.5. The van der Waals surface area contributed by atoms with Crippen LogP contribution >= 0.6 is 0 Å². The number of hydrogen-bond acceptors (Lipinski definition) is 3. The van der Waals surface area contributed by atoms with Crippen molar-refractivity contribution in [2.75, 3.05) is 12.4 Å². The zero-order chi connectivity index (χ0) is 12.8. The van der Waals surface area contributed by atoms with Crippen LogP contribution in [0.1, 0.15) is 15.9 Å². The molecule has 0 atom stereocenters. The molecule has 0 fully saturated rings. The minimum Gasteiger partial charge on any atom is -0.497 e. The second-order valence-electron chi connectivity index (χ2n) is 3.94. The molecule has 0 saturated carbocycles. The fourth-order valence-corrected chi connectivity index (χ4v) is 1.63. The molecule has 92 valence electrons. The van der Waals surface area contributed by atoms with Crippen molar-refractivity contribution in [2.24, 2.45) is 0 Å². The van der Waals surface area contributed by atoms with Crippen molar-refractivity contribution in [1.82, 2.24) is 0 Å². The third-order valence-corrected chi connectivity index (χ3v) is 2.70. The molecule has 0 radical (unpaired) electrons. The highest BCUT2D eigenvalue weighted by molar-refractivity contribution is 5.75. The molecule has 18 heavy (non-hydrogen) atoms. The van der Waals surface area contributed by atoms with E-state index in [0.29, 0.717) is 5.56 Å². The van der Waals surface area contributed by atoms with E-state index in [2.05, 4.69) is 5.32 Å². The maximum Gasteiger partial charge on any atom is 0.150 e. The first-order valence-corrected chi connectivity index (χ1v) is 5.74. The molecule has 0 amide bonds. The van der Waals surface area contributed by atoms with Crippen LogP contribution in [-0.4, -0.2) is 13.4 Å². The lowest BCUT2D eigenvalue weighted by Gasteiger charge is -2.07. The second kappa shape index (κ2) is 5.87. The number of hydrogen-bond donors (Lipinski definition) is 1. The number of rotatable bonds is 5. The van der Waals surface area contributed by atoms with Gasteiger partial charge in [-0.2, -0.15) is 0 Å². The van der Waals surface area contributed by atoms with Gasteiger partial charge >= 0.3 is 0 Å². The highest BCUT2D eigenvalue weighted by Crippen LogP contribution is 2.14. The van der Waals surface area contributed by atoms with Gasteiger partial charge in [0.15, 0.2) is 0 Å². The zero-order valence-electron chi connectivity index (χ0n) is 10.2. The molecule has 0 aromatic heterocycles. The molecular weight excluding hydrogens is 226 g/mol. The lowest BCUT2D eigenvalue weighted by molar-refractivity contribution is 0.112. The van der Waals surface area contributed by atoms with Crippen molar-refractivity contribution in [3.8, 4) is 5.75 Å². The number of carbonyl (C=O) groups excluding carboxylic acids is 1. The van der Waals surface area contributed by atoms with E-state index >= 15 is 0 Å². The molecular formula is C15H15NO2. The van der Waals surface area contributed by atoms with Crippen LogP contribution in [0.5, 0.6) is 5.75 Å². The topological polar surface area (TPSA) is 38.3 Å². The van der Waals surface area contributed by atoms with Crippen LogP contribution in [-0.2, 0) is 6.54 Å². The van der Waals surface area contributed by atoms with Crippen LogP contribution in [0.2, 0.25) is 0 Å². The number of anilines is 1. The number of aldehydes is 1. The Hall–Kier alpha value is -2.29. The van der Waals surface area contributed by atoms with E-state index in [1.165, 1.54) is 5.56 Å². The van der Waals surface area contributed by atoms with Crippen molar-refractivity contribution in [1.29, 1.82) is 0 Å². The molecule has 2 rings (SSSR count). The summed E-state index contributed by atoms with van der Waals surface area (Å²) in [4.78, 5) is 10.5. The Bertz CT molecular complexity index is 503. The maximum atomic E-state index is 10.5. The quantitative estimate of drug-likeness (QED) is 0.817. The van der Waals surface area contributed by atoms with Gasteiger partial charge in [0.2, 0.25) is 0 Å². The summed E-state index contributed by atoms with van der Waals surface area (Å²) in [7, 11) is 1.65. The number of benzene rings is 2. The van der Waals surface area contributed by atoms with Crippen molar-refractivity contribution < 1.29 is 9.53 Å². The molecule has 0 aliphatic rings. The third-order valence-electron chi connectivity index (χ3n) is 2.70. The second-order valence-corrected chi connectivity index (χ2v) is 3.94. The summed E-state index contributed by atoms with van der Waals surface area (Å²) in [6.45, 7) is 0.741. The largest absolute Gasteiger partial charge is 0.497 e. The van der Waals surface area contributed by atoms with Gasteiger partial charge in [-0.3, -0.25) is 4.79 Å². The van der Waals surface area contributed by atoms with E-state index in [0.717, 1.165) is 24.3 Å². The van der Waals surface area contributed by atoms with Gasteiger partial charge in [0, 0.05) is 17.8 Å². The highest BCUT2D eigenvalue weighted by Gasteiger charge is 1.96. The molecule has 0 heterocycles. The lowest BCUT2D eigenvalue weighted by Crippen LogP contribution is -1.99. The Balaban J connectivity index is 1.95. The van der Waals surface area contributed by atoms with Crippen LogP contribution in [0.15, 0.2) is 48.5 Å². The first-order chi connectivity index (χ1) is 8.81. The fraction of sp³-hybridized carbons (Fsp3) is 0.133. The average molecular weight is 241 g/mol. The first kappa shape index (κ1) is 12.2. The van der Waals surface area contributed by atoms with E-state index in [9.17, 15) is 4.79 Å². The van der Waals surface area contributed by atoms with Crippen molar-refractivity contribution in [2.45, 2.75) is 6.54 Å². The van der Waals surface area contributed by atoms with Gasteiger partial charge in [0.25, 0.3) is 0 Å². The number of carbonyl (C=O) groups is 1. The van der Waals surface area contributed by atoms with Gasteiger partial charge in [-0.15, -0.1) is 0 Å². The molecule has 1 N–H and O–H groups in total. The van der Waals surface area contributed by atoms with Gasteiger partial charge in [-0.1, -0.05) is 12.1 Å². The SMILES string of the molecule is COc1ccc(CNc2ccc(C=O)cc2)cc1. The van der Waals surface area contributed by atoms with E-state index in [4.69, 9.17) is 4.74 Å². The summed E-state index contributed by atoms with van der Waals surface area (Å²) >= 11 is 0. The molecule has 3 nitrogen and oxygen atoms in total. The molecule has 0 bridgehead atoms. The Morgan fingerprint density at radius 1 is 1.06 bits per heavy atom. The molecule has 2 aromatic carbocycles. The molecule has 0 aliphatic carbocycles. The van der Waals surface area contributed by atoms with Gasteiger partial charge < -0.3 is 10.1 Å². The lowest BCUT2D eigenvalue weighted by atomic mass is 10.2. The normalized spacial score (nSPS) is 9.83. The van der Waals surface area contributed by atoms with Gasteiger partial charge in [-0.05, 0) is 42.0 Å². The Morgan fingerprint density at radius 3 is 2.28 bits per heavy atom. The van der Waals surface area contributed by atoms with Gasteiger partial charge in [0.1, 0.15) is 12.0 Å². The van der Waals surface area contributed by atoms with E-state index in [1.54, 1.807) is 19.2 Å². The summed E-state index contributed by atoms with van der Waals surface area (Å²) in [5, 5.41) is 3.29. The Kier molecular flexibility index (Phi) is 3.97. The monoisotopic (exact) mass is 241 g/mol. The number of nitrogens with one attached hydrogen (secondary N) is 1. The van der Waals surface area contributed by atoms with Crippen LogP contribution < -0.4 is 10.1 Å². The third kappa shape index (κ3) is 3.10. The van der Waals surface area contributed by atoms with Crippen molar-refractivity contribution in [3.63, 3.8) is 0 Å². The van der Waals surface area contributed by atoms with E-state index < -0.39 is 0 Å². The maximum absolute atomic E-state index is 10.5. The van der Waals surface area contributed by atoms with Crippen molar-refractivity contribution in [3.05, 3.63) is 59.7 Å². The van der Waals surface area contributed by atoms with Crippen LogP contribution in [0, 0.1) is 0 Å². The minimum absolute atomic E-state index is 0.685. The summed E-state index contributed by atoms with van der Waals surface area (Å²) in [6, 6.07) is 15.3. The average Bonchev–Trinajstić information content (AvgIpc) is 2.46. The molecule has 0 saturated heterocycles. The fourth-order valence-electron chi connectivity index (χ4n) is 1.63. The predicted octanol–water partition coefficient (Wildman–Crippen LogP) is 3.12. The molecule has 0 aliphatic heterocycles. The van der Waals surface area contributed by atoms with Crippen molar-refractivity contribution >= 4 is 12.0 Å². The van der Waals surface area contributed by atoms with Gasteiger partial charge in [0.05, 0.1) is 7.11 Å². The minimum atomic E-state index is 0.685. The van der Waals surface area contributed by atoms with Crippen LogP contribution in [0.25, 0.3) is 0 Å². The van der Waals surface area contributed by atoms with E-state index in [-0.39, 0.29) is 0 Å². The van der Waals surface area contributed by atoms with Crippen LogP contribution in [0.3, 0.4) is 0 Å². The van der Waals surface area contributed by atoms with Gasteiger partial charge in [-0.25, -0.2) is 0 Å². The molecule has 0 spiro atoms.